The van der Waals surface area contributed by atoms with Crippen molar-refractivity contribution in [1.82, 2.24) is 5.32 Å². The maximum atomic E-state index is 12.5. The molecule has 2 aromatic carbocycles. The Balaban J connectivity index is 1.91. The second-order valence-electron chi connectivity index (χ2n) is 9.32. The predicted octanol–water partition coefficient (Wildman–Crippen LogP) is 4.34. The molecule has 0 bridgehead atoms. The Morgan fingerprint density at radius 3 is 2.06 bits per heavy atom. The van der Waals surface area contributed by atoms with Gasteiger partial charge in [0.2, 0.25) is 0 Å². The fourth-order valence-electron chi connectivity index (χ4n) is 3.54. The van der Waals surface area contributed by atoms with Gasteiger partial charge in [0.05, 0.1) is 36.5 Å². The van der Waals surface area contributed by atoms with Crippen LogP contribution in [0.15, 0.2) is 47.9 Å². The molecule has 3 rings (SSSR count). The van der Waals surface area contributed by atoms with Crippen LogP contribution in [0.2, 0.25) is 0 Å². The number of ether oxygens (including phenoxy) is 3. The van der Waals surface area contributed by atoms with Gasteiger partial charge in [-0.3, -0.25) is 0 Å². The number of carbonyl (C=O) groups is 2. The predicted molar refractivity (Wildman–Crippen MR) is 135 cm³/mol. The van der Waals surface area contributed by atoms with Crippen molar-refractivity contribution in [2.45, 2.75) is 45.5 Å². The van der Waals surface area contributed by atoms with Crippen LogP contribution in [0.5, 0.6) is 11.5 Å². The van der Waals surface area contributed by atoms with E-state index in [4.69, 9.17) is 23.5 Å². The van der Waals surface area contributed by atoms with Crippen LogP contribution in [-0.4, -0.2) is 56.3 Å². The minimum Gasteiger partial charge on any atom is -0.496 e. The van der Waals surface area contributed by atoms with Crippen LogP contribution < -0.4 is 14.8 Å². The van der Waals surface area contributed by atoms with E-state index in [1.165, 1.54) is 26.4 Å². The highest BCUT2D eigenvalue weighted by Gasteiger charge is 2.52. The first-order valence-electron chi connectivity index (χ1n) is 11.5. The second kappa shape index (κ2) is 11.1. The fraction of sp³-hybridized carbons (Fsp3) is 0.385. The third-order valence-electron chi connectivity index (χ3n) is 6.33. The van der Waals surface area contributed by atoms with Crippen molar-refractivity contribution in [2.24, 2.45) is 0 Å². The molecular weight excluding hydrogens is 465 g/mol. The normalized spacial score (nSPS) is 16.4. The summed E-state index contributed by atoms with van der Waals surface area (Å²) in [5.41, 5.74) is 0.680. The van der Waals surface area contributed by atoms with Crippen LogP contribution >= 0.6 is 0 Å². The molecule has 0 spiro atoms. The van der Waals surface area contributed by atoms with E-state index in [2.05, 4.69) is 5.32 Å². The number of nitrogens with one attached hydrogen (secondary N) is 1. The average Bonchev–Trinajstić information content (AvgIpc) is 3.06. The van der Waals surface area contributed by atoms with Gasteiger partial charge in [-0.2, -0.15) is 0 Å². The number of carboxylic acid groups (broad SMARTS) is 1. The second-order valence-corrected chi connectivity index (χ2v) is 9.32. The van der Waals surface area contributed by atoms with Gasteiger partial charge in [0, 0.05) is 6.54 Å². The van der Waals surface area contributed by atoms with E-state index < -0.39 is 30.4 Å². The van der Waals surface area contributed by atoms with Gasteiger partial charge in [0.25, 0.3) is 0 Å². The SMILES string of the molecule is COc1cc(C(=O)O)cc(OC)c1C=C(CNC(=O)OCc1ccccc1)B1OC(C)(C)C(C)(C)O1. The Kier molecular flexibility index (Phi) is 8.32. The largest absolute Gasteiger partial charge is 0.496 e. The third kappa shape index (κ3) is 6.19. The molecule has 0 radical (unpaired) electrons. The van der Waals surface area contributed by atoms with E-state index in [9.17, 15) is 14.7 Å². The molecule has 0 unspecified atom stereocenters. The van der Waals surface area contributed by atoms with E-state index >= 15 is 0 Å². The number of amides is 1. The lowest BCUT2D eigenvalue weighted by molar-refractivity contribution is 0.00578. The summed E-state index contributed by atoms with van der Waals surface area (Å²) in [6, 6.07) is 12.2. The first-order chi connectivity index (χ1) is 17.0. The molecule has 9 nitrogen and oxygen atoms in total. The molecule has 2 N–H and O–H groups in total. The Hall–Kier alpha value is -3.50. The number of aromatic carboxylic acids is 1. The Bertz CT molecular complexity index is 1090. The highest BCUT2D eigenvalue weighted by Crippen LogP contribution is 2.40. The van der Waals surface area contributed by atoms with Crippen molar-refractivity contribution in [3.05, 3.63) is 64.6 Å². The molecule has 1 aliphatic heterocycles. The Labute approximate surface area is 211 Å². The minimum absolute atomic E-state index is 0.0145. The lowest BCUT2D eigenvalue weighted by atomic mass is 9.76. The molecule has 0 atom stereocenters. The third-order valence-corrected chi connectivity index (χ3v) is 6.33. The van der Waals surface area contributed by atoms with Gasteiger partial charge in [-0.15, -0.1) is 0 Å². The van der Waals surface area contributed by atoms with Crippen molar-refractivity contribution in [3.8, 4) is 11.5 Å². The van der Waals surface area contributed by atoms with Crippen LogP contribution in [0, 0.1) is 0 Å². The summed E-state index contributed by atoms with van der Waals surface area (Å²) in [5, 5.41) is 12.2. The molecule has 1 saturated heterocycles. The molecular formula is C26H32BNO8. The van der Waals surface area contributed by atoms with Crippen LogP contribution in [0.3, 0.4) is 0 Å². The summed E-state index contributed by atoms with van der Waals surface area (Å²) >= 11 is 0. The minimum atomic E-state index is -1.11. The smallest absolute Gasteiger partial charge is 0.492 e. The van der Waals surface area contributed by atoms with Crippen LogP contribution in [0.4, 0.5) is 4.79 Å². The molecule has 1 heterocycles. The zero-order chi connectivity index (χ0) is 26.5. The van der Waals surface area contributed by atoms with E-state index in [0.29, 0.717) is 11.0 Å². The first-order valence-corrected chi connectivity index (χ1v) is 11.5. The number of carbonyl (C=O) groups excluding carboxylic acids is 1. The van der Waals surface area contributed by atoms with E-state index in [1.807, 2.05) is 58.0 Å². The zero-order valence-corrected chi connectivity index (χ0v) is 21.4. The summed E-state index contributed by atoms with van der Waals surface area (Å²) in [4.78, 5) is 24.0. The molecule has 10 heteroatoms. The van der Waals surface area contributed by atoms with Gasteiger partial charge >= 0.3 is 19.2 Å². The number of methoxy groups -OCH3 is 2. The number of hydrogen-bond donors (Lipinski definition) is 2. The molecule has 0 aromatic heterocycles. The van der Waals surface area contributed by atoms with Crippen molar-refractivity contribution in [3.63, 3.8) is 0 Å². The average molecular weight is 497 g/mol. The number of rotatable bonds is 9. The zero-order valence-electron chi connectivity index (χ0n) is 21.4. The monoisotopic (exact) mass is 497 g/mol. The summed E-state index contributed by atoms with van der Waals surface area (Å²) in [6.07, 6.45) is 1.10. The highest BCUT2D eigenvalue weighted by atomic mass is 16.7. The van der Waals surface area contributed by atoms with Crippen molar-refractivity contribution in [2.75, 3.05) is 20.8 Å². The van der Waals surface area contributed by atoms with Crippen LogP contribution in [-0.2, 0) is 20.7 Å². The summed E-state index contributed by atoms with van der Waals surface area (Å²) in [7, 11) is 2.08. The van der Waals surface area contributed by atoms with E-state index in [1.54, 1.807) is 6.08 Å². The highest BCUT2D eigenvalue weighted by molar-refractivity contribution is 6.56. The van der Waals surface area contributed by atoms with Gasteiger partial charge in [0.15, 0.2) is 0 Å². The number of benzene rings is 2. The summed E-state index contributed by atoms with van der Waals surface area (Å²) in [5.74, 6) is -0.545. The molecule has 1 fully saturated rings. The van der Waals surface area contributed by atoms with E-state index in [-0.39, 0.29) is 30.2 Å². The molecule has 2 aromatic rings. The number of carboxylic acids is 1. The molecule has 1 amide bonds. The van der Waals surface area contributed by atoms with Crippen molar-refractivity contribution < 1.29 is 38.2 Å². The first kappa shape index (κ1) is 27.1. The van der Waals surface area contributed by atoms with Gasteiger partial charge in [-0.1, -0.05) is 30.3 Å². The van der Waals surface area contributed by atoms with Gasteiger partial charge in [-0.25, -0.2) is 9.59 Å². The topological polar surface area (TPSA) is 113 Å². The number of hydrogen-bond acceptors (Lipinski definition) is 7. The van der Waals surface area contributed by atoms with E-state index in [0.717, 1.165) is 5.56 Å². The Morgan fingerprint density at radius 1 is 1.00 bits per heavy atom. The molecule has 0 saturated carbocycles. The molecule has 1 aliphatic rings. The van der Waals surface area contributed by atoms with Crippen molar-refractivity contribution >= 4 is 25.3 Å². The van der Waals surface area contributed by atoms with Gasteiger partial charge in [0.1, 0.15) is 18.1 Å². The van der Waals surface area contributed by atoms with Crippen molar-refractivity contribution in [1.29, 1.82) is 0 Å². The lowest BCUT2D eigenvalue weighted by Crippen LogP contribution is -2.41. The van der Waals surface area contributed by atoms with Crippen LogP contribution in [0.1, 0.15) is 49.2 Å². The fourth-order valence-corrected chi connectivity index (χ4v) is 3.54. The molecule has 192 valence electrons. The molecule has 36 heavy (non-hydrogen) atoms. The number of alkyl carbamates (subject to hydrolysis) is 1. The van der Waals surface area contributed by atoms with Gasteiger partial charge in [-0.05, 0) is 56.9 Å². The van der Waals surface area contributed by atoms with Gasteiger partial charge < -0.3 is 33.9 Å². The maximum absolute atomic E-state index is 12.5. The Morgan fingerprint density at radius 2 is 1.56 bits per heavy atom. The summed E-state index contributed by atoms with van der Waals surface area (Å²) in [6.45, 7) is 7.87. The van der Waals surface area contributed by atoms with Crippen LogP contribution in [0.25, 0.3) is 6.08 Å². The lowest BCUT2D eigenvalue weighted by Gasteiger charge is -2.32. The standard InChI is InChI=1S/C26H32BNO8/c1-25(2)26(3,4)36-27(35-25)19(15-28-24(31)34-16-17-10-8-7-9-11-17)14-20-21(32-5)12-18(23(29)30)13-22(20)33-6/h7-14H,15-16H2,1-6H3,(H,28,31)(H,29,30). The summed E-state index contributed by atoms with van der Waals surface area (Å²) < 4.78 is 28.7. The quantitative estimate of drug-likeness (QED) is 0.492. The maximum Gasteiger partial charge on any atom is 0.492 e. The molecule has 0 aliphatic carbocycles.